The number of alkyl halides is 3. The van der Waals surface area contributed by atoms with Gasteiger partial charge in [-0.1, -0.05) is 12.8 Å². The number of anilines is 2. The average Bonchev–Trinajstić information content (AvgIpc) is 3.37. The molecule has 3 N–H and O–H groups in total. The van der Waals surface area contributed by atoms with E-state index in [9.17, 15) is 27.9 Å². The molecule has 1 saturated carbocycles. The maximum absolute atomic E-state index is 13.0. The van der Waals surface area contributed by atoms with Crippen LogP contribution in [0, 0.1) is 0 Å². The highest BCUT2D eigenvalue weighted by Crippen LogP contribution is 2.41. The second-order valence-corrected chi connectivity index (χ2v) is 8.43. The fourth-order valence-electron chi connectivity index (χ4n) is 4.37. The topological polar surface area (TPSA) is 115 Å². The minimum Gasteiger partial charge on any atom is -0.477 e. The molecule has 0 aromatic heterocycles. The third-order valence-corrected chi connectivity index (χ3v) is 6.04. The molecule has 1 atom stereocenters. The van der Waals surface area contributed by atoms with E-state index in [-0.39, 0.29) is 41.9 Å². The quantitative estimate of drug-likeness (QED) is 0.379. The normalized spacial score (nSPS) is 17.4. The van der Waals surface area contributed by atoms with Gasteiger partial charge in [0.1, 0.15) is 17.2 Å². The third-order valence-electron chi connectivity index (χ3n) is 6.04. The minimum absolute atomic E-state index is 0.0333. The number of aliphatic hydroxyl groups excluding tert-OH is 1. The molecule has 1 fully saturated rings. The molecule has 4 rings (SSSR count). The zero-order valence-corrected chi connectivity index (χ0v) is 19.3. The summed E-state index contributed by atoms with van der Waals surface area (Å²) < 4.78 is 56.9. The smallest absolute Gasteiger partial charge is 0.477 e. The van der Waals surface area contributed by atoms with Gasteiger partial charge in [-0.25, -0.2) is 4.79 Å². The number of amides is 1. The Morgan fingerprint density at radius 3 is 2.61 bits per heavy atom. The molecular formula is C24H25F3N2O7. The highest BCUT2D eigenvalue weighted by molar-refractivity contribution is 5.96. The molecular weight excluding hydrogens is 485 g/mol. The van der Waals surface area contributed by atoms with Crippen LogP contribution < -0.4 is 24.8 Å². The lowest BCUT2D eigenvalue weighted by Gasteiger charge is -2.27. The Morgan fingerprint density at radius 1 is 1.19 bits per heavy atom. The number of carbonyl (C=O) groups is 2. The second kappa shape index (κ2) is 10.5. The number of hydrogen-bond donors (Lipinski definition) is 3. The van der Waals surface area contributed by atoms with Crippen molar-refractivity contribution in [2.24, 2.45) is 0 Å². The molecule has 2 aromatic carbocycles. The molecule has 1 amide bonds. The van der Waals surface area contributed by atoms with E-state index in [1.807, 2.05) is 0 Å². The predicted molar refractivity (Wildman–Crippen MR) is 121 cm³/mol. The number of methoxy groups -OCH3 is 1. The number of rotatable bonds is 6. The molecule has 12 heteroatoms. The number of ether oxygens (including phenoxy) is 4. The van der Waals surface area contributed by atoms with Gasteiger partial charge in [-0.15, -0.1) is 13.2 Å². The largest absolute Gasteiger partial charge is 0.573 e. The summed E-state index contributed by atoms with van der Waals surface area (Å²) in [6.07, 6.45) is -2.89. The van der Waals surface area contributed by atoms with E-state index < -0.39 is 30.3 Å². The maximum Gasteiger partial charge on any atom is 0.573 e. The molecule has 1 heterocycles. The number of hydrogen-bond acceptors (Lipinski definition) is 8. The van der Waals surface area contributed by atoms with Gasteiger partial charge >= 0.3 is 12.5 Å². The molecule has 1 unspecified atom stereocenters. The van der Waals surface area contributed by atoms with Crippen LogP contribution in [0.5, 0.6) is 17.2 Å². The van der Waals surface area contributed by atoms with Gasteiger partial charge < -0.3 is 34.7 Å². The summed E-state index contributed by atoms with van der Waals surface area (Å²) in [5.41, 5.74) is 1.65. The highest BCUT2D eigenvalue weighted by Gasteiger charge is 2.33. The zero-order valence-electron chi connectivity index (χ0n) is 19.3. The first-order chi connectivity index (χ1) is 17.2. The van der Waals surface area contributed by atoms with Crippen LogP contribution in [0.25, 0.3) is 0 Å². The van der Waals surface area contributed by atoms with Gasteiger partial charge in [-0.2, -0.15) is 0 Å². The lowest BCUT2D eigenvalue weighted by Crippen LogP contribution is -2.41. The summed E-state index contributed by atoms with van der Waals surface area (Å²) in [6, 6.07) is 6.65. The Hall–Kier alpha value is -3.67. The minimum atomic E-state index is -4.83. The molecule has 0 spiro atoms. The van der Waals surface area contributed by atoms with Crippen molar-refractivity contribution in [3.8, 4) is 17.2 Å². The summed E-state index contributed by atoms with van der Waals surface area (Å²) in [6.45, 7) is -0.406. The number of benzene rings is 2. The summed E-state index contributed by atoms with van der Waals surface area (Å²) in [5.74, 6) is -0.450. The number of aliphatic hydroxyl groups is 1. The van der Waals surface area contributed by atoms with E-state index in [2.05, 4.69) is 20.1 Å². The first-order valence-corrected chi connectivity index (χ1v) is 11.3. The Bertz CT molecular complexity index is 1130. The van der Waals surface area contributed by atoms with Crippen molar-refractivity contribution in [1.29, 1.82) is 0 Å². The van der Waals surface area contributed by atoms with Crippen molar-refractivity contribution in [2.75, 3.05) is 24.3 Å². The molecule has 2 aromatic rings. The van der Waals surface area contributed by atoms with E-state index in [1.165, 1.54) is 19.2 Å². The van der Waals surface area contributed by atoms with Crippen molar-refractivity contribution in [1.82, 2.24) is 0 Å². The van der Waals surface area contributed by atoms with E-state index in [0.29, 0.717) is 5.56 Å². The molecule has 0 bridgehead atoms. The monoisotopic (exact) mass is 510 g/mol. The van der Waals surface area contributed by atoms with E-state index in [0.717, 1.165) is 43.4 Å². The van der Waals surface area contributed by atoms with Gasteiger partial charge in [0.2, 0.25) is 0 Å². The van der Waals surface area contributed by atoms with Crippen LogP contribution in [0.15, 0.2) is 30.3 Å². The fourth-order valence-corrected chi connectivity index (χ4v) is 4.37. The van der Waals surface area contributed by atoms with E-state index >= 15 is 0 Å². The van der Waals surface area contributed by atoms with Crippen LogP contribution in [0.1, 0.15) is 42.7 Å². The third kappa shape index (κ3) is 5.93. The van der Waals surface area contributed by atoms with Crippen molar-refractivity contribution in [3.63, 3.8) is 0 Å². The SMILES string of the molecule is COC(=O)Oc1cc(NC(=O)C2CNc3cc(OC(F)(F)F)ccc3O2)c(CO)cc1C1CCCC1. The Kier molecular flexibility index (Phi) is 7.43. The van der Waals surface area contributed by atoms with Crippen molar-refractivity contribution < 1.29 is 46.8 Å². The summed E-state index contributed by atoms with van der Waals surface area (Å²) in [7, 11) is 1.19. The van der Waals surface area contributed by atoms with Crippen molar-refractivity contribution in [3.05, 3.63) is 41.5 Å². The summed E-state index contributed by atoms with van der Waals surface area (Å²) in [4.78, 5) is 24.8. The average molecular weight is 510 g/mol. The molecule has 0 radical (unpaired) electrons. The molecule has 1 aliphatic heterocycles. The molecule has 1 aliphatic carbocycles. The molecule has 2 aliphatic rings. The lowest BCUT2D eigenvalue weighted by atomic mass is 9.94. The van der Waals surface area contributed by atoms with Gasteiger partial charge in [0, 0.05) is 17.7 Å². The van der Waals surface area contributed by atoms with Gasteiger partial charge in [0.15, 0.2) is 6.10 Å². The molecule has 194 valence electrons. The Balaban J connectivity index is 1.52. The van der Waals surface area contributed by atoms with Crippen molar-refractivity contribution >= 4 is 23.4 Å². The van der Waals surface area contributed by atoms with Gasteiger partial charge in [0.25, 0.3) is 5.91 Å². The number of fused-ring (bicyclic) bond motifs is 1. The van der Waals surface area contributed by atoms with Crippen LogP contribution in [-0.2, 0) is 16.1 Å². The fraction of sp³-hybridized carbons (Fsp3) is 0.417. The van der Waals surface area contributed by atoms with Crippen LogP contribution in [0.4, 0.5) is 29.3 Å². The predicted octanol–water partition coefficient (Wildman–Crippen LogP) is 4.69. The first kappa shape index (κ1) is 25.4. The number of halogens is 3. The highest BCUT2D eigenvalue weighted by atomic mass is 19.4. The van der Waals surface area contributed by atoms with E-state index in [4.69, 9.17) is 9.47 Å². The summed E-state index contributed by atoms with van der Waals surface area (Å²) >= 11 is 0. The maximum atomic E-state index is 13.0. The number of nitrogens with one attached hydrogen (secondary N) is 2. The Labute approximate surface area is 204 Å². The van der Waals surface area contributed by atoms with Crippen molar-refractivity contribution in [2.45, 2.75) is 50.7 Å². The summed E-state index contributed by atoms with van der Waals surface area (Å²) in [5, 5.41) is 15.5. The van der Waals surface area contributed by atoms with Gasteiger partial charge in [-0.05, 0) is 42.5 Å². The first-order valence-electron chi connectivity index (χ1n) is 11.3. The van der Waals surface area contributed by atoms with Crippen LogP contribution >= 0.6 is 0 Å². The van der Waals surface area contributed by atoms with Crippen LogP contribution in [0.3, 0.4) is 0 Å². The molecule has 0 saturated heterocycles. The van der Waals surface area contributed by atoms with Gasteiger partial charge in [-0.3, -0.25) is 4.79 Å². The standard InChI is InChI=1S/C24H25F3N2O7/c1-33-23(32)35-20-10-17(14(12-30)8-16(20)13-4-2-3-5-13)29-22(31)21-11-28-18-9-15(36-24(25,26)27)6-7-19(18)34-21/h6-10,13,21,28,30H,2-5,11-12H2,1H3,(H,29,31). The van der Waals surface area contributed by atoms with Crippen LogP contribution in [0.2, 0.25) is 0 Å². The molecule has 9 nitrogen and oxygen atoms in total. The Morgan fingerprint density at radius 2 is 1.94 bits per heavy atom. The van der Waals surface area contributed by atoms with E-state index in [1.54, 1.807) is 6.07 Å². The molecule has 36 heavy (non-hydrogen) atoms. The number of carbonyl (C=O) groups excluding carboxylic acids is 2. The zero-order chi connectivity index (χ0) is 25.9. The van der Waals surface area contributed by atoms with Gasteiger partial charge in [0.05, 0.1) is 31.6 Å². The lowest BCUT2D eigenvalue weighted by molar-refractivity contribution is -0.274. The van der Waals surface area contributed by atoms with Crippen LogP contribution in [-0.4, -0.2) is 43.3 Å². The second-order valence-electron chi connectivity index (χ2n) is 8.43.